The van der Waals surface area contributed by atoms with Gasteiger partial charge in [-0.15, -0.1) is 0 Å². The molecule has 6 heteroatoms. The molecule has 1 aliphatic rings. The molecule has 1 unspecified atom stereocenters. The summed E-state index contributed by atoms with van der Waals surface area (Å²) in [7, 11) is 0. The predicted molar refractivity (Wildman–Crippen MR) is 117 cm³/mol. The molecule has 3 aromatic rings. The van der Waals surface area contributed by atoms with Gasteiger partial charge in [-0.3, -0.25) is 9.59 Å². The van der Waals surface area contributed by atoms with Crippen LogP contribution >= 0.6 is 0 Å². The van der Waals surface area contributed by atoms with Crippen LogP contribution in [0.3, 0.4) is 0 Å². The monoisotopic (exact) mass is 402 g/mol. The molecule has 1 fully saturated rings. The number of aryl methyl sites for hydroxylation is 2. The molecular formula is C24H26N4O2. The van der Waals surface area contributed by atoms with Gasteiger partial charge in [-0.05, 0) is 48.7 Å². The first kappa shape index (κ1) is 19.9. The van der Waals surface area contributed by atoms with Gasteiger partial charge in [0.1, 0.15) is 5.82 Å². The second-order valence-corrected chi connectivity index (χ2v) is 7.71. The summed E-state index contributed by atoms with van der Waals surface area (Å²) in [5.41, 5.74) is 3.95. The van der Waals surface area contributed by atoms with Gasteiger partial charge in [0.25, 0.3) is 0 Å². The molecule has 1 aromatic heterocycles. The number of aromatic nitrogens is 2. The van der Waals surface area contributed by atoms with Crippen LogP contribution in [0.15, 0.2) is 60.9 Å². The Hall–Kier alpha value is -3.41. The molecule has 1 atom stereocenters. The number of nitrogens with zero attached hydrogens (tertiary/aromatic N) is 3. The van der Waals surface area contributed by atoms with Gasteiger partial charge in [0.2, 0.25) is 11.8 Å². The lowest BCUT2D eigenvalue weighted by Crippen LogP contribution is -2.28. The number of nitrogens with one attached hydrogen (secondary N) is 1. The highest BCUT2D eigenvalue weighted by molar-refractivity contribution is 6.03. The Morgan fingerprint density at radius 2 is 1.80 bits per heavy atom. The Bertz CT molecular complexity index is 1040. The summed E-state index contributed by atoms with van der Waals surface area (Å²) in [5, 5.41) is 2.96. The van der Waals surface area contributed by atoms with Gasteiger partial charge < -0.3 is 14.8 Å². The molecule has 30 heavy (non-hydrogen) atoms. The number of hydrogen-bond donors (Lipinski definition) is 1. The van der Waals surface area contributed by atoms with Crippen LogP contribution in [-0.4, -0.2) is 27.9 Å². The van der Waals surface area contributed by atoms with E-state index in [4.69, 9.17) is 0 Å². The van der Waals surface area contributed by atoms with Crippen molar-refractivity contribution < 1.29 is 9.59 Å². The van der Waals surface area contributed by atoms with E-state index >= 15 is 0 Å². The van der Waals surface area contributed by atoms with Crippen molar-refractivity contribution in [1.82, 2.24) is 9.55 Å². The van der Waals surface area contributed by atoms with Crippen LogP contribution in [0.4, 0.5) is 11.4 Å². The van der Waals surface area contributed by atoms with Crippen molar-refractivity contribution in [2.45, 2.75) is 33.2 Å². The molecule has 154 valence electrons. The molecule has 4 rings (SSSR count). The molecule has 2 heterocycles. The zero-order chi connectivity index (χ0) is 21.1. The lowest BCUT2D eigenvalue weighted by Gasteiger charge is -2.17. The molecule has 0 aliphatic carbocycles. The largest absolute Gasteiger partial charge is 0.331 e. The van der Waals surface area contributed by atoms with Gasteiger partial charge >= 0.3 is 0 Å². The Morgan fingerprint density at radius 3 is 2.43 bits per heavy atom. The SMILES string of the molecule is CCc1ccc(N2CC(C(=O)Nc3ccc(Cn4ccnc4C)cc3)CC2=O)cc1. The lowest BCUT2D eigenvalue weighted by atomic mass is 10.1. The van der Waals surface area contributed by atoms with E-state index in [0.29, 0.717) is 6.54 Å². The number of carbonyl (C=O) groups excluding carboxylic acids is 2. The van der Waals surface area contributed by atoms with Crippen molar-refractivity contribution in [3.05, 3.63) is 77.9 Å². The third-order valence-corrected chi connectivity index (χ3v) is 5.65. The summed E-state index contributed by atoms with van der Waals surface area (Å²) in [6, 6.07) is 15.8. The zero-order valence-electron chi connectivity index (χ0n) is 17.3. The average Bonchev–Trinajstić information content (AvgIpc) is 3.35. The van der Waals surface area contributed by atoms with Crippen LogP contribution in [0.1, 0.15) is 30.3 Å². The van der Waals surface area contributed by atoms with Crippen molar-refractivity contribution in [1.29, 1.82) is 0 Å². The second kappa shape index (κ2) is 8.53. The number of imidazole rings is 1. The Balaban J connectivity index is 1.36. The fourth-order valence-corrected chi connectivity index (χ4v) is 3.75. The lowest BCUT2D eigenvalue weighted by molar-refractivity contribution is -0.122. The third-order valence-electron chi connectivity index (χ3n) is 5.65. The molecular weight excluding hydrogens is 376 g/mol. The molecule has 0 spiro atoms. The molecule has 6 nitrogen and oxygen atoms in total. The van der Waals surface area contributed by atoms with Gasteiger partial charge in [-0.1, -0.05) is 31.2 Å². The summed E-state index contributed by atoms with van der Waals surface area (Å²) < 4.78 is 2.07. The molecule has 0 radical (unpaired) electrons. The van der Waals surface area contributed by atoms with Crippen LogP contribution in [0, 0.1) is 12.8 Å². The Labute approximate surface area is 176 Å². The Kier molecular flexibility index (Phi) is 5.65. The number of benzene rings is 2. The quantitative estimate of drug-likeness (QED) is 0.682. The summed E-state index contributed by atoms with van der Waals surface area (Å²) in [6.45, 7) is 5.22. The van der Waals surface area contributed by atoms with E-state index in [-0.39, 0.29) is 24.2 Å². The molecule has 2 aromatic carbocycles. The smallest absolute Gasteiger partial charge is 0.229 e. The first-order chi connectivity index (χ1) is 14.5. The van der Waals surface area contributed by atoms with Gasteiger partial charge in [-0.25, -0.2) is 4.98 Å². The number of amides is 2. The Morgan fingerprint density at radius 1 is 1.10 bits per heavy atom. The molecule has 1 aliphatic heterocycles. The molecule has 0 saturated carbocycles. The third kappa shape index (κ3) is 4.27. The minimum absolute atomic E-state index is 0.00884. The first-order valence-electron chi connectivity index (χ1n) is 10.3. The highest BCUT2D eigenvalue weighted by Gasteiger charge is 2.35. The zero-order valence-corrected chi connectivity index (χ0v) is 17.3. The normalized spacial score (nSPS) is 16.1. The number of hydrogen-bond acceptors (Lipinski definition) is 3. The second-order valence-electron chi connectivity index (χ2n) is 7.71. The summed E-state index contributed by atoms with van der Waals surface area (Å²) in [6.07, 6.45) is 4.93. The van der Waals surface area contributed by atoms with Crippen molar-refractivity contribution in [2.75, 3.05) is 16.8 Å². The molecule has 0 bridgehead atoms. The minimum atomic E-state index is -0.350. The van der Waals surface area contributed by atoms with Crippen molar-refractivity contribution in [3.63, 3.8) is 0 Å². The minimum Gasteiger partial charge on any atom is -0.331 e. The highest BCUT2D eigenvalue weighted by Crippen LogP contribution is 2.26. The topological polar surface area (TPSA) is 67.2 Å². The molecule has 1 saturated heterocycles. The van der Waals surface area contributed by atoms with E-state index in [1.54, 1.807) is 11.1 Å². The van der Waals surface area contributed by atoms with E-state index in [1.165, 1.54) is 5.56 Å². The highest BCUT2D eigenvalue weighted by atomic mass is 16.2. The number of rotatable bonds is 6. The van der Waals surface area contributed by atoms with Crippen molar-refractivity contribution in [3.8, 4) is 0 Å². The van der Waals surface area contributed by atoms with Crippen molar-refractivity contribution in [2.24, 2.45) is 5.92 Å². The number of anilines is 2. The first-order valence-corrected chi connectivity index (χ1v) is 10.3. The summed E-state index contributed by atoms with van der Waals surface area (Å²) in [5.74, 6) is 0.489. The number of carbonyl (C=O) groups is 2. The van der Waals surface area contributed by atoms with Crippen LogP contribution in [0.2, 0.25) is 0 Å². The van der Waals surface area contributed by atoms with Crippen LogP contribution < -0.4 is 10.2 Å². The summed E-state index contributed by atoms with van der Waals surface area (Å²) >= 11 is 0. The van der Waals surface area contributed by atoms with E-state index in [9.17, 15) is 9.59 Å². The van der Waals surface area contributed by atoms with Gasteiger partial charge in [-0.2, -0.15) is 0 Å². The standard InChI is InChI=1S/C24H26N4O2/c1-3-18-6-10-22(11-7-18)28-16-20(14-23(28)29)24(30)26-21-8-4-19(5-9-21)15-27-13-12-25-17(27)2/h4-13,20H,3,14-16H2,1-2H3,(H,26,30). The molecule has 1 N–H and O–H groups in total. The van der Waals surface area contributed by atoms with E-state index in [0.717, 1.165) is 35.7 Å². The van der Waals surface area contributed by atoms with Crippen molar-refractivity contribution >= 4 is 23.2 Å². The maximum absolute atomic E-state index is 12.7. The molecule has 2 amide bonds. The van der Waals surface area contributed by atoms with E-state index < -0.39 is 0 Å². The van der Waals surface area contributed by atoms with Crippen LogP contribution in [0.25, 0.3) is 0 Å². The fraction of sp³-hybridized carbons (Fsp3) is 0.292. The van der Waals surface area contributed by atoms with Crippen LogP contribution in [0.5, 0.6) is 0 Å². The predicted octanol–water partition coefficient (Wildman–Crippen LogP) is 3.79. The average molecular weight is 402 g/mol. The maximum atomic E-state index is 12.7. The van der Waals surface area contributed by atoms with E-state index in [1.807, 2.05) is 61.7 Å². The fourth-order valence-electron chi connectivity index (χ4n) is 3.75. The van der Waals surface area contributed by atoms with E-state index in [2.05, 4.69) is 21.8 Å². The van der Waals surface area contributed by atoms with Gasteiger partial charge in [0.15, 0.2) is 0 Å². The maximum Gasteiger partial charge on any atom is 0.229 e. The van der Waals surface area contributed by atoms with Gasteiger partial charge in [0.05, 0.1) is 5.92 Å². The van der Waals surface area contributed by atoms with Crippen LogP contribution in [-0.2, 0) is 22.6 Å². The summed E-state index contributed by atoms with van der Waals surface area (Å²) in [4.78, 5) is 31.1. The van der Waals surface area contributed by atoms with Gasteiger partial charge in [0, 0.05) is 43.3 Å².